The molecular weight excluding hydrogens is 397 g/mol. The summed E-state index contributed by atoms with van der Waals surface area (Å²) < 4.78 is 43.5. The Kier molecular flexibility index (Phi) is 5.17. The molecule has 2 heterocycles. The number of hydrogen-bond acceptors (Lipinski definition) is 4. The van der Waals surface area contributed by atoms with Gasteiger partial charge in [-0.1, -0.05) is 5.16 Å². The van der Waals surface area contributed by atoms with E-state index in [1.807, 2.05) is 24.3 Å². The number of carbonyl (C=O) groups is 1. The van der Waals surface area contributed by atoms with Crippen LogP contribution in [0, 0.1) is 0 Å². The van der Waals surface area contributed by atoms with E-state index in [1.54, 1.807) is 12.0 Å². The second-order valence-corrected chi connectivity index (χ2v) is 7.62. The molecule has 0 saturated carbocycles. The lowest BCUT2D eigenvalue weighted by atomic mass is 9.86. The average Bonchev–Trinajstić information content (AvgIpc) is 3.15. The molecule has 1 spiro atoms. The van der Waals surface area contributed by atoms with Gasteiger partial charge in [0.25, 0.3) is 5.91 Å². The summed E-state index contributed by atoms with van der Waals surface area (Å²) in [7, 11) is 1.60. The maximum absolute atomic E-state index is 12.9. The van der Waals surface area contributed by atoms with Crippen molar-refractivity contribution in [2.24, 2.45) is 5.16 Å². The number of piperidine rings is 1. The van der Waals surface area contributed by atoms with Gasteiger partial charge in [-0.05, 0) is 66.9 Å². The lowest BCUT2D eigenvalue weighted by Crippen LogP contribution is -2.50. The molecule has 0 N–H and O–H groups in total. The first-order chi connectivity index (χ1) is 14.3. The second kappa shape index (κ2) is 7.66. The molecule has 8 heteroatoms. The number of carbonyl (C=O) groups excluding carboxylic acids is 1. The van der Waals surface area contributed by atoms with Gasteiger partial charge in [-0.2, -0.15) is 13.2 Å². The minimum atomic E-state index is -4.43. The Balaban J connectivity index is 1.45. The highest BCUT2D eigenvalue weighted by Gasteiger charge is 2.44. The summed E-state index contributed by atoms with van der Waals surface area (Å²) in [6, 6.07) is 11.8. The highest BCUT2D eigenvalue weighted by atomic mass is 19.4. The fraction of sp³-hybridized carbons (Fsp3) is 0.364. The fourth-order valence-corrected chi connectivity index (χ4v) is 3.93. The number of hydrogen-bond donors (Lipinski definition) is 0. The molecule has 0 aliphatic carbocycles. The summed E-state index contributed by atoms with van der Waals surface area (Å²) in [4.78, 5) is 20.3. The third-order valence-corrected chi connectivity index (χ3v) is 5.55. The van der Waals surface area contributed by atoms with Crippen LogP contribution in [0.15, 0.2) is 53.7 Å². The number of amides is 1. The van der Waals surface area contributed by atoms with Crippen molar-refractivity contribution in [3.63, 3.8) is 0 Å². The van der Waals surface area contributed by atoms with Crippen molar-refractivity contribution in [3.8, 4) is 5.75 Å². The zero-order valence-electron chi connectivity index (χ0n) is 16.4. The quantitative estimate of drug-likeness (QED) is 0.737. The van der Waals surface area contributed by atoms with Crippen molar-refractivity contribution in [3.05, 3.63) is 65.2 Å². The number of methoxy groups -OCH3 is 1. The van der Waals surface area contributed by atoms with E-state index in [-0.39, 0.29) is 11.5 Å². The van der Waals surface area contributed by atoms with Crippen LogP contribution in [0.4, 0.5) is 13.2 Å². The van der Waals surface area contributed by atoms with Crippen molar-refractivity contribution in [2.75, 3.05) is 20.2 Å². The van der Waals surface area contributed by atoms with Crippen LogP contribution in [0.2, 0.25) is 0 Å². The number of benzene rings is 2. The predicted molar refractivity (Wildman–Crippen MR) is 105 cm³/mol. The molecule has 2 aliphatic rings. The number of likely N-dealkylation sites (tertiary alicyclic amines) is 1. The first-order valence-electron chi connectivity index (χ1n) is 9.66. The molecule has 1 fully saturated rings. The first kappa shape index (κ1) is 20.3. The number of oxime groups is 1. The number of alkyl halides is 3. The Labute approximate surface area is 172 Å². The minimum absolute atomic E-state index is 0.231. The van der Waals surface area contributed by atoms with Gasteiger partial charge in [0.15, 0.2) is 5.60 Å². The summed E-state index contributed by atoms with van der Waals surface area (Å²) in [5.74, 6) is 0.447. The number of ether oxygens (including phenoxy) is 1. The number of rotatable bonds is 3. The molecule has 158 valence electrons. The molecule has 1 saturated heterocycles. The molecule has 30 heavy (non-hydrogen) atoms. The van der Waals surface area contributed by atoms with Gasteiger partial charge >= 0.3 is 6.18 Å². The van der Waals surface area contributed by atoms with Crippen LogP contribution >= 0.6 is 0 Å². The topological polar surface area (TPSA) is 51.1 Å². The van der Waals surface area contributed by atoms with Gasteiger partial charge in [-0.15, -0.1) is 0 Å². The molecule has 1 amide bonds. The monoisotopic (exact) mass is 418 g/mol. The number of nitrogens with zero attached hydrogens (tertiary/aromatic N) is 2. The van der Waals surface area contributed by atoms with Crippen LogP contribution in [0.3, 0.4) is 0 Å². The van der Waals surface area contributed by atoms with Gasteiger partial charge in [0, 0.05) is 18.5 Å². The summed E-state index contributed by atoms with van der Waals surface area (Å²) in [6.45, 7) is 0.874. The Hall–Kier alpha value is -3.03. The summed E-state index contributed by atoms with van der Waals surface area (Å²) in [5, 5.41) is 4.26. The van der Waals surface area contributed by atoms with Gasteiger partial charge in [-0.3, -0.25) is 4.79 Å². The van der Waals surface area contributed by atoms with E-state index in [2.05, 4.69) is 5.16 Å². The van der Waals surface area contributed by atoms with Gasteiger partial charge < -0.3 is 14.5 Å². The van der Waals surface area contributed by atoms with Crippen molar-refractivity contribution in [1.82, 2.24) is 4.90 Å². The van der Waals surface area contributed by atoms with E-state index in [4.69, 9.17) is 9.57 Å². The van der Waals surface area contributed by atoms with Crippen molar-refractivity contribution in [2.45, 2.75) is 31.0 Å². The summed E-state index contributed by atoms with van der Waals surface area (Å²) >= 11 is 0. The van der Waals surface area contributed by atoms with Gasteiger partial charge in [0.05, 0.1) is 24.9 Å². The summed E-state index contributed by atoms with van der Waals surface area (Å²) in [5.41, 5.74) is 0.593. The van der Waals surface area contributed by atoms with Gasteiger partial charge in [0.1, 0.15) is 5.75 Å². The van der Waals surface area contributed by atoms with Crippen LogP contribution in [-0.2, 0) is 11.0 Å². The Bertz CT molecular complexity index is 955. The Morgan fingerprint density at radius 2 is 1.83 bits per heavy atom. The SMILES string of the molecule is COc1ccc(C2=NOC3(CCCN(C(=O)c4ccc(C(F)(F)F)cc4)C3)C2)cc1. The fourth-order valence-electron chi connectivity index (χ4n) is 3.93. The third-order valence-electron chi connectivity index (χ3n) is 5.55. The highest BCUT2D eigenvalue weighted by molar-refractivity contribution is 6.02. The van der Waals surface area contributed by atoms with Gasteiger partial charge in [0.2, 0.25) is 0 Å². The van der Waals surface area contributed by atoms with Gasteiger partial charge in [-0.25, -0.2) is 0 Å². The highest BCUT2D eigenvalue weighted by Crippen LogP contribution is 2.36. The number of halogens is 3. The molecule has 0 aromatic heterocycles. The van der Waals surface area contributed by atoms with Crippen LogP contribution in [0.25, 0.3) is 0 Å². The van der Waals surface area contributed by atoms with Crippen LogP contribution < -0.4 is 4.74 Å². The summed E-state index contributed by atoms with van der Waals surface area (Å²) in [6.07, 6.45) is -2.37. The lowest BCUT2D eigenvalue weighted by molar-refractivity contribution is -0.137. The predicted octanol–water partition coefficient (Wildman–Crippen LogP) is 4.51. The molecule has 1 atom stereocenters. The molecule has 2 aliphatic heterocycles. The maximum atomic E-state index is 12.9. The largest absolute Gasteiger partial charge is 0.497 e. The molecule has 0 bridgehead atoms. The lowest BCUT2D eigenvalue weighted by Gasteiger charge is -2.38. The zero-order valence-corrected chi connectivity index (χ0v) is 16.4. The molecule has 0 radical (unpaired) electrons. The zero-order chi connectivity index (χ0) is 21.4. The van der Waals surface area contributed by atoms with Crippen molar-refractivity contribution in [1.29, 1.82) is 0 Å². The molecule has 1 unspecified atom stereocenters. The molecule has 2 aromatic carbocycles. The normalized spacial score (nSPS) is 21.3. The van der Waals surface area contributed by atoms with Crippen molar-refractivity contribution < 1.29 is 27.5 Å². The second-order valence-electron chi connectivity index (χ2n) is 7.62. The van der Waals surface area contributed by atoms with E-state index in [9.17, 15) is 18.0 Å². The molecule has 5 nitrogen and oxygen atoms in total. The maximum Gasteiger partial charge on any atom is 0.416 e. The van der Waals surface area contributed by atoms with Crippen LogP contribution in [0.1, 0.15) is 40.7 Å². The minimum Gasteiger partial charge on any atom is -0.497 e. The van der Waals surface area contributed by atoms with E-state index < -0.39 is 17.3 Å². The standard InChI is InChI=1S/C22H21F3N2O3/c1-29-18-9-5-15(6-10-18)19-13-21(30-26-19)11-2-12-27(14-21)20(28)16-3-7-17(8-4-16)22(23,24)25/h3-10H,2,11-14H2,1H3. The molecular formula is C22H21F3N2O3. The third kappa shape index (κ3) is 3.99. The Morgan fingerprint density at radius 1 is 1.13 bits per heavy atom. The average molecular weight is 418 g/mol. The Morgan fingerprint density at radius 3 is 2.47 bits per heavy atom. The van der Waals surface area contributed by atoms with E-state index in [0.29, 0.717) is 19.5 Å². The van der Waals surface area contributed by atoms with Crippen molar-refractivity contribution >= 4 is 11.6 Å². The van der Waals surface area contributed by atoms with Crippen LogP contribution in [0.5, 0.6) is 5.75 Å². The first-order valence-corrected chi connectivity index (χ1v) is 9.66. The smallest absolute Gasteiger partial charge is 0.416 e. The van der Waals surface area contributed by atoms with E-state index in [1.165, 1.54) is 12.1 Å². The van der Waals surface area contributed by atoms with E-state index in [0.717, 1.165) is 42.0 Å². The van der Waals surface area contributed by atoms with E-state index >= 15 is 0 Å². The van der Waals surface area contributed by atoms with Crippen LogP contribution in [-0.4, -0.2) is 42.3 Å². The molecule has 4 rings (SSSR count). The molecule has 2 aromatic rings.